The summed E-state index contributed by atoms with van der Waals surface area (Å²) in [5, 5.41) is 0. The minimum atomic E-state index is -3.68. The lowest BCUT2D eigenvalue weighted by atomic mass is 10.2. The smallest absolute Gasteiger partial charge is 0.330 e. The molecular formula is C21H23N3O5S. The molecule has 0 N–H and O–H groups in total. The van der Waals surface area contributed by atoms with E-state index in [-0.39, 0.29) is 11.5 Å². The molecule has 0 saturated heterocycles. The Morgan fingerprint density at radius 2 is 1.53 bits per heavy atom. The van der Waals surface area contributed by atoms with Crippen LogP contribution < -0.4 is 20.3 Å². The third-order valence-electron chi connectivity index (χ3n) is 4.89. The number of sulfonamides is 1. The molecule has 0 fully saturated rings. The van der Waals surface area contributed by atoms with E-state index in [0.717, 1.165) is 10.1 Å². The first-order chi connectivity index (χ1) is 14.1. The zero-order valence-corrected chi connectivity index (χ0v) is 18.0. The topological polar surface area (TPSA) is 90.6 Å². The van der Waals surface area contributed by atoms with Crippen LogP contribution in [0.1, 0.15) is 11.3 Å². The molecule has 0 aliphatic heterocycles. The van der Waals surface area contributed by atoms with Gasteiger partial charge in [0.2, 0.25) is 0 Å². The normalized spacial score (nSPS) is 11.3. The van der Waals surface area contributed by atoms with Crippen molar-refractivity contribution in [2.24, 2.45) is 14.1 Å². The van der Waals surface area contributed by atoms with E-state index in [4.69, 9.17) is 4.74 Å². The van der Waals surface area contributed by atoms with Crippen molar-refractivity contribution in [3.63, 3.8) is 0 Å². The van der Waals surface area contributed by atoms with Crippen molar-refractivity contribution in [2.45, 2.75) is 18.4 Å². The maximum absolute atomic E-state index is 12.8. The minimum Gasteiger partial charge on any atom is -0.487 e. The number of nitrogens with zero attached hydrogens (tertiary/aromatic N) is 3. The summed E-state index contributed by atoms with van der Waals surface area (Å²) in [7, 11) is 0.784. The Bertz CT molecular complexity index is 1270. The number of rotatable bonds is 6. The molecule has 9 heteroatoms. The maximum atomic E-state index is 12.8. The third-order valence-corrected chi connectivity index (χ3v) is 6.69. The molecule has 0 aliphatic rings. The highest BCUT2D eigenvalue weighted by Crippen LogP contribution is 2.24. The van der Waals surface area contributed by atoms with Crippen molar-refractivity contribution in [1.82, 2.24) is 9.13 Å². The molecule has 1 heterocycles. The summed E-state index contributed by atoms with van der Waals surface area (Å²) in [5.41, 5.74) is 1.05. The molecule has 0 bridgehead atoms. The van der Waals surface area contributed by atoms with E-state index in [1.54, 1.807) is 55.6 Å². The SMILES string of the molecule is Cc1ccc(S(=O)(=O)N(C)c2ccc(OCc3cc(=O)n(C)c(=O)n3C)cc2)cc1. The van der Waals surface area contributed by atoms with Gasteiger partial charge < -0.3 is 4.74 Å². The molecule has 3 aromatic rings. The highest BCUT2D eigenvalue weighted by Gasteiger charge is 2.21. The van der Waals surface area contributed by atoms with Crippen molar-refractivity contribution in [2.75, 3.05) is 11.4 Å². The van der Waals surface area contributed by atoms with Crippen LogP contribution in [0.15, 0.2) is 69.1 Å². The number of anilines is 1. The minimum absolute atomic E-state index is 0.0265. The fourth-order valence-electron chi connectivity index (χ4n) is 2.83. The quantitative estimate of drug-likeness (QED) is 0.596. The number of aryl methyl sites for hydroxylation is 1. The molecule has 0 amide bonds. The average molecular weight is 429 g/mol. The Morgan fingerprint density at radius 3 is 2.13 bits per heavy atom. The lowest BCUT2D eigenvalue weighted by molar-refractivity contribution is 0.293. The molecule has 8 nitrogen and oxygen atoms in total. The first-order valence-corrected chi connectivity index (χ1v) is 10.6. The third kappa shape index (κ3) is 4.16. The van der Waals surface area contributed by atoms with Crippen LogP contribution in [0.2, 0.25) is 0 Å². The number of hydrogen-bond donors (Lipinski definition) is 0. The van der Waals surface area contributed by atoms with Gasteiger partial charge in [-0.25, -0.2) is 13.2 Å². The molecule has 0 radical (unpaired) electrons. The van der Waals surface area contributed by atoms with Gasteiger partial charge in [0.05, 0.1) is 16.3 Å². The number of hydrogen-bond acceptors (Lipinski definition) is 5. The van der Waals surface area contributed by atoms with Gasteiger partial charge in [0.25, 0.3) is 15.6 Å². The molecular weight excluding hydrogens is 406 g/mol. The monoisotopic (exact) mass is 429 g/mol. The van der Waals surface area contributed by atoms with E-state index in [9.17, 15) is 18.0 Å². The molecule has 0 atom stereocenters. The van der Waals surface area contributed by atoms with Crippen molar-refractivity contribution < 1.29 is 13.2 Å². The van der Waals surface area contributed by atoms with Crippen molar-refractivity contribution >= 4 is 15.7 Å². The Hall–Kier alpha value is -3.33. The van der Waals surface area contributed by atoms with Gasteiger partial charge in [0.15, 0.2) is 0 Å². The van der Waals surface area contributed by atoms with Crippen LogP contribution in [0.25, 0.3) is 0 Å². The summed E-state index contributed by atoms with van der Waals surface area (Å²) in [5.74, 6) is 0.480. The standard InChI is InChI=1S/C21H23N3O5S/c1-15-5-11-19(12-6-15)30(27,28)24(4)16-7-9-18(10-8-16)29-14-17-13-20(25)23(3)21(26)22(17)2/h5-13H,14H2,1-4H3. The Labute approximate surface area is 174 Å². The Kier molecular flexibility index (Phi) is 5.84. The first kappa shape index (κ1) is 21.4. The summed E-state index contributed by atoms with van der Waals surface area (Å²) in [6.07, 6.45) is 0. The van der Waals surface area contributed by atoms with Crippen LogP contribution in [0.3, 0.4) is 0 Å². The second-order valence-corrected chi connectivity index (χ2v) is 8.91. The van der Waals surface area contributed by atoms with Crippen LogP contribution >= 0.6 is 0 Å². The number of ether oxygens (including phenoxy) is 1. The van der Waals surface area contributed by atoms with E-state index < -0.39 is 21.3 Å². The summed E-state index contributed by atoms with van der Waals surface area (Å²) in [6, 6.07) is 14.5. The van der Waals surface area contributed by atoms with E-state index in [2.05, 4.69) is 0 Å². The van der Waals surface area contributed by atoms with Crippen LogP contribution in [-0.2, 0) is 30.7 Å². The average Bonchev–Trinajstić information content (AvgIpc) is 2.74. The van der Waals surface area contributed by atoms with Crippen LogP contribution in [0, 0.1) is 6.92 Å². The summed E-state index contributed by atoms with van der Waals surface area (Å²) < 4.78 is 34.8. The highest BCUT2D eigenvalue weighted by atomic mass is 32.2. The summed E-state index contributed by atoms with van der Waals surface area (Å²) in [6.45, 7) is 1.92. The van der Waals surface area contributed by atoms with Crippen molar-refractivity contribution in [1.29, 1.82) is 0 Å². The number of benzene rings is 2. The van der Waals surface area contributed by atoms with E-state index in [1.807, 2.05) is 6.92 Å². The highest BCUT2D eigenvalue weighted by molar-refractivity contribution is 7.92. The summed E-state index contributed by atoms with van der Waals surface area (Å²) in [4.78, 5) is 24.0. The van der Waals surface area contributed by atoms with Gasteiger partial charge >= 0.3 is 5.69 Å². The fraction of sp³-hybridized carbons (Fsp3) is 0.238. The van der Waals surface area contributed by atoms with Gasteiger partial charge in [-0.05, 0) is 43.3 Å². The molecule has 158 valence electrons. The molecule has 0 saturated carbocycles. The zero-order valence-electron chi connectivity index (χ0n) is 17.2. The molecule has 0 spiro atoms. The van der Waals surface area contributed by atoms with Gasteiger partial charge in [-0.1, -0.05) is 17.7 Å². The largest absolute Gasteiger partial charge is 0.487 e. The second kappa shape index (κ2) is 8.19. The van der Waals surface area contributed by atoms with Crippen molar-refractivity contribution in [3.8, 4) is 5.75 Å². The Balaban J connectivity index is 1.76. The lowest BCUT2D eigenvalue weighted by Crippen LogP contribution is -2.38. The molecule has 2 aromatic carbocycles. The molecule has 1 aromatic heterocycles. The summed E-state index contributed by atoms with van der Waals surface area (Å²) >= 11 is 0. The predicted octanol–water partition coefficient (Wildman–Crippen LogP) is 1.80. The van der Waals surface area contributed by atoms with E-state index in [0.29, 0.717) is 17.1 Å². The van der Waals surface area contributed by atoms with Gasteiger partial charge in [0.1, 0.15) is 12.4 Å². The molecule has 0 unspecified atom stereocenters. The fourth-order valence-corrected chi connectivity index (χ4v) is 4.03. The molecule has 3 rings (SSSR count). The number of aromatic nitrogens is 2. The van der Waals surface area contributed by atoms with Crippen molar-refractivity contribution in [3.05, 3.63) is 86.7 Å². The molecule has 30 heavy (non-hydrogen) atoms. The van der Waals surface area contributed by atoms with Crippen LogP contribution in [0.4, 0.5) is 5.69 Å². The van der Waals surface area contributed by atoms with Gasteiger partial charge in [0, 0.05) is 27.2 Å². The van der Waals surface area contributed by atoms with Gasteiger partial charge in [-0.3, -0.25) is 18.2 Å². The zero-order chi connectivity index (χ0) is 22.1. The Morgan fingerprint density at radius 1 is 0.933 bits per heavy atom. The first-order valence-electron chi connectivity index (χ1n) is 9.15. The van der Waals surface area contributed by atoms with Gasteiger partial charge in [-0.2, -0.15) is 0 Å². The maximum Gasteiger partial charge on any atom is 0.330 e. The second-order valence-electron chi connectivity index (χ2n) is 6.94. The van der Waals surface area contributed by atoms with Crippen LogP contribution in [0.5, 0.6) is 5.75 Å². The predicted molar refractivity (Wildman–Crippen MR) is 114 cm³/mol. The van der Waals surface area contributed by atoms with E-state index in [1.165, 1.54) is 29.0 Å². The molecule has 0 aliphatic carbocycles. The lowest BCUT2D eigenvalue weighted by Gasteiger charge is -2.20. The van der Waals surface area contributed by atoms with E-state index >= 15 is 0 Å². The van der Waals surface area contributed by atoms with Crippen LogP contribution in [-0.4, -0.2) is 24.6 Å². The van der Waals surface area contributed by atoms with Gasteiger partial charge in [-0.15, -0.1) is 0 Å².